The quantitative estimate of drug-likeness (QED) is 0.237. The van der Waals surface area contributed by atoms with Crippen molar-refractivity contribution in [1.29, 1.82) is 0 Å². The highest BCUT2D eigenvalue weighted by Gasteiger charge is 2.31. The number of nitrogens with zero attached hydrogens (tertiary/aromatic N) is 1. The fraction of sp³-hybridized carbons (Fsp3) is 0.364. The molecule has 0 radical (unpaired) electrons. The van der Waals surface area contributed by atoms with Crippen molar-refractivity contribution in [3.05, 3.63) is 24.3 Å². The first-order valence-electron chi connectivity index (χ1n) is 4.77. The maximum absolute atomic E-state index is 11.2. The molecule has 0 aromatic carbocycles. The molecule has 0 amide bonds. The molecule has 0 N–H and O–H groups in total. The lowest BCUT2D eigenvalue weighted by Crippen LogP contribution is -2.34. The van der Waals surface area contributed by atoms with Crippen molar-refractivity contribution in [2.75, 3.05) is 0 Å². The predicted octanol–water partition coefficient (Wildman–Crippen LogP) is 1.23. The number of isocyanates is 1. The van der Waals surface area contributed by atoms with E-state index in [2.05, 4.69) is 4.99 Å². The largest absolute Gasteiger partial charge is 0.398 e. The van der Waals surface area contributed by atoms with Crippen molar-refractivity contribution >= 4 is 18.0 Å². The minimum atomic E-state index is -2.01. The molecule has 0 aliphatic rings. The zero-order valence-corrected chi connectivity index (χ0v) is 9.80. The van der Waals surface area contributed by atoms with Gasteiger partial charge < -0.3 is 9.47 Å². The van der Waals surface area contributed by atoms with Gasteiger partial charge in [-0.1, -0.05) is 12.2 Å². The van der Waals surface area contributed by atoms with Gasteiger partial charge in [-0.05, 0) is 13.8 Å². The molecule has 0 aromatic heterocycles. The Morgan fingerprint density at radius 3 is 1.82 bits per heavy atom. The summed E-state index contributed by atoms with van der Waals surface area (Å²) in [5.74, 6) is -3.58. The van der Waals surface area contributed by atoms with Crippen LogP contribution in [0.2, 0.25) is 0 Å². The van der Waals surface area contributed by atoms with E-state index in [0.29, 0.717) is 0 Å². The lowest BCUT2D eigenvalue weighted by molar-refractivity contribution is -0.212. The van der Waals surface area contributed by atoms with Crippen molar-refractivity contribution in [3.8, 4) is 0 Å². The normalized spacial score (nSPS) is 14.1. The smallest absolute Gasteiger partial charge is 0.367 e. The van der Waals surface area contributed by atoms with Crippen LogP contribution in [0.4, 0.5) is 0 Å². The molecule has 0 unspecified atom stereocenters. The first-order valence-corrected chi connectivity index (χ1v) is 4.77. The van der Waals surface area contributed by atoms with Crippen molar-refractivity contribution in [2.24, 2.45) is 4.99 Å². The number of carbonyl (C=O) groups is 2. The zero-order chi connectivity index (χ0) is 13.3. The van der Waals surface area contributed by atoms with Gasteiger partial charge in [-0.15, -0.1) is 4.99 Å². The summed E-state index contributed by atoms with van der Waals surface area (Å²) < 4.78 is 9.41. The molecule has 0 spiro atoms. The molecule has 92 valence electrons. The van der Waals surface area contributed by atoms with E-state index in [1.807, 2.05) is 0 Å². The van der Waals surface area contributed by atoms with Gasteiger partial charge in [0.1, 0.15) is 0 Å². The van der Waals surface area contributed by atoms with Crippen LogP contribution in [0.5, 0.6) is 0 Å². The highest BCUT2D eigenvalue weighted by Crippen LogP contribution is 2.15. The predicted molar refractivity (Wildman–Crippen MR) is 58.3 cm³/mol. The van der Waals surface area contributed by atoms with E-state index < -0.39 is 17.8 Å². The lowest BCUT2D eigenvalue weighted by Gasteiger charge is -2.21. The molecule has 0 bridgehead atoms. The number of allylic oxidation sites excluding steroid dienone is 2. The monoisotopic (exact) mass is 239 g/mol. The third-order valence-corrected chi connectivity index (χ3v) is 1.43. The number of rotatable bonds is 5. The molecule has 0 atom stereocenters. The van der Waals surface area contributed by atoms with Crippen molar-refractivity contribution in [2.45, 2.75) is 26.7 Å². The number of esters is 2. The maximum Gasteiger partial charge on any atom is 0.367 e. The second-order valence-electron chi connectivity index (χ2n) is 2.94. The second-order valence-corrected chi connectivity index (χ2v) is 2.94. The van der Waals surface area contributed by atoms with Crippen LogP contribution in [0.3, 0.4) is 0 Å². The molecular formula is C11H13NO5. The average Bonchev–Trinajstić information content (AvgIpc) is 2.17. The summed E-state index contributed by atoms with van der Waals surface area (Å²) >= 11 is 0. The Hall–Kier alpha value is -2.20. The average molecular weight is 239 g/mol. The Labute approximate surface area is 98.6 Å². The van der Waals surface area contributed by atoms with Gasteiger partial charge in [0.2, 0.25) is 6.08 Å². The maximum atomic E-state index is 11.2. The summed E-state index contributed by atoms with van der Waals surface area (Å²) in [5.41, 5.74) is 0. The molecule has 6 nitrogen and oxygen atoms in total. The molecule has 0 aliphatic carbocycles. The van der Waals surface area contributed by atoms with Gasteiger partial charge in [0, 0.05) is 19.1 Å². The van der Waals surface area contributed by atoms with Crippen LogP contribution in [0.15, 0.2) is 29.3 Å². The summed E-state index contributed by atoms with van der Waals surface area (Å²) in [6, 6.07) is 0. The van der Waals surface area contributed by atoms with E-state index >= 15 is 0 Å². The molecule has 0 rings (SSSR count). The Bertz CT molecular complexity index is 365. The molecule has 0 heterocycles. The Kier molecular flexibility index (Phi) is 6.21. The highest BCUT2D eigenvalue weighted by molar-refractivity contribution is 5.84. The van der Waals surface area contributed by atoms with Crippen LogP contribution in [0.25, 0.3) is 0 Å². The molecular weight excluding hydrogens is 226 g/mol. The molecule has 0 fully saturated rings. The van der Waals surface area contributed by atoms with E-state index in [0.717, 1.165) is 19.1 Å². The second kappa shape index (κ2) is 7.14. The van der Waals surface area contributed by atoms with Crippen LogP contribution >= 0.6 is 0 Å². The number of carbonyl (C=O) groups excluding carboxylic acids is 3. The number of hydrogen-bond acceptors (Lipinski definition) is 6. The van der Waals surface area contributed by atoms with Crippen LogP contribution in [0, 0.1) is 0 Å². The number of hydrogen-bond donors (Lipinski definition) is 0. The van der Waals surface area contributed by atoms with E-state index in [9.17, 15) is 14.4 Å². The Morgan fingerprint density at radius 1 is 1.12 bits per heavy atom. The van der Waals surface area contributed by atoms with Gasteiger partial charge in [-0.25, -0.2) is 14.4 Å². The Morgan fingerprint density at radius 2 is 1.53 bits per heavy atom. The fourth-order valence-corrected chi connectivity index (χ4v) is 0.863. The number of ether oxygens (including phenoxy) is 2. The summed E-state index contributed by atoms with van der Waals surface area (Å²) in [5, 5.41) is 0. The topological polar surface area (TPSA) is 82.0 Å². The highest BCUT2D eigenvalue weighted by atomic mass is 16.7. The van der Waals surface area contributed by atoms with E-state index in [1.54, 1.807) is 13.8 Å². The molecule has 0 aliphatic heterocycles. The van der Waals surface area contributed by atoms with E-state index in [1.165, 1.54) is 18.2 Å². The first-order chi connectivity index (χ1) is 7.97. The summed E-state index contributed by atoms with van der Waals surface area (Å²) in [6.45, 7) is 4.36. The van der Waals surface area contributed by atoms with Gasteiger partial charge in [0.15, 0.2) is 0 Å². The third kappa shape index (κ3) is 6.06. The van der Waals surface area contributed by atoms with Crippen molar-refractivity contribution < 1.29 is 23.9 Å². The lowest BCUT2D eigenvalue weighted by atomic mass is 10.5. The third-order valence-electron chi connectivity index (χ3n) is 1.43. The molecule has 17 heavy (non-hydrogen) atoms. The molecule has 0 saturated carbocycles. The summed E-state index contributed by atoms with van der Waals surface area (Å²) in [7, 11) is 0. The standard InChI is InChI=1S/C11H13NO5/c1-4-6-9(14)16-11(3,12-8-13)17-10(15)7-5-2/h4-7H,1-3H3. The van der Waals surface area contributed by atoms with Crippen LogP contribution in [-0.4, -0.2) is 23.9 Å². The first kappa shape index (κ1) is 14.8. The Balaban J connectivity index is 4.84. The zero-order valence-electron chi connectivity index (χ0n) is 9.80. The number of aliphatic imine (C=N–C) groups is 1. The van der Waals surface area contributed by atoms with E-state index in [-0.39, 0.29) is 0 Å². The van der Waals surface area contributed by atoms with Gasteiger partial charge >= 0.3 is 17.8 Å². The minimum Gasteiger partial charge on any atom is -0.398 e. The molecule has 6 heteroatoms. The van der Waals surface area contributed by atoms with Gasteiger partial charge in [0.25, 0.3) is 0 Å². The van der Waals surface area contributed by atoms with E-state index in [4.69, 9.17) is 9.47 Å². The SMILES string of the molecule is CC=CC(=O)OC(C)(N=C=O)OC(=O)C=CC. The van der Waals surface area contributed by atoms with Gasteiger partial charge in [-0.3, -0.25) is 0 Å². The molecule has 0 aromatic rings. The van der Waals surface area contributed by atoms with Gasteiger partial charge in [-0.2, -0.15) is 0 Å². The van der Waals surface area contributed by atoms with Crippen molar-refractivity contribution in [3.63, 3.8) is 0 Å². The van der Waals surface area contributed by atoms with Gasteiger partial charge in [0.05, 0.1) is 0 Å². The minimum absolute atomic E-state index is 0.790. The van der Waals surface area contributed by atoms with Crippen molar-refractivity contribution in [1.82, 2.24) is 0 Å². The summed E-state index contributed by atoms with van der Waals surface area (Å²) in [6.07, 6.45) is 6.24. The van der Waals surface area contributed by atoms with Crippen LogP contribution in [0.1, 0.15) is 20.8 Å². The van der Waals surface area contributed by atoms with Crippen LogP contribution < -0.4 is 0 Å². The fourth-order valence-electron chi connectivity index (χ4n) is 0.863. The van der Waals surface area contributed by atoms with Crippen LogP contribution in [-0.2, 0) is 23.9 Å². The summed E-state index contributed by atoms with van der Waals surface area (Å²) in [4.78, 5) is 35.7. The molecule has 0 saturated heterocycles.